The third-order valence-corrected chi connectivity index (χ3v) is 10.6. The van der Waals surface area contributed by atoms with Crippen molar-refractivity contribution in [2.75, 3.05) is 5.73 Å². The van der Waals surface area contributed by atoms with Gasteiger partial charge in [0.15, 0.2) is 8.32 Å². The topological polar surface area (TPSA) is 75.2 Å². The number of nitrogen functional groups attached to an aromatic ring is 1. The standard InChI is InChI=1S/C18H27BrN4O2Si/c1-7-12-13(25-26(5,6)18(2,3)4)8-14(24-12)23-9-11(19)15-16(20)21-10-22-17(15)23/h7,9-10,12-14H,1,8H2,2-6H3,(H2,20,21,22)/t12-,13+,14-/m1/s1. The monoisotopic (exact) mass is 438 g/mol. The van der Waals surface area contributed by atoms with Gasteiger partial charge >= 0.3 is 0 Å². The maximum absolute atomic E-state index is 6.62. The molecule has 3 atom stereocenters. The Balaban J connectivity index is 1.91. The van der Waals surface area contributed by atoms with Crippen molar-refractivity contribution in [2.24, 2.45) is 0 Å². The predicted octanol–water partition coefficient (Wildman–Crippen LogP) is 4.64. The molecule has 1 fully saturated rings. The molecule has 2 N–H and O–H groups in total. The van der Waals surface area contributed by atoms with Crippen LogP contribution in [0.5, 0.6) is 0 Å². The lowest BCUT2D eigenvalue weighted by atomic mass is 10.2. The van der Waals surface area contributed by atoms with Gasteiger partial charge in [0, 0.05) is 17.1 Å². The van der Waals surface area contributed by atoms with E-state index in [1.807, 2.05) is 16.8 Å². The van der Waals surface area contributed by atoms with Crippen LogP contribution >= 0.6 is 15.9 Å². The summed E-state index contributed by atoms with van der Waals surface area (Å²) in [4.78, 5) is 8.48. The van der Waals surface area contributed by atoms with Crippen molar-refractivity contribution in [3.63, 3.8) is 0 Å². The molecule has 0 amide bonds. The van der Waals surface area contributed by atoms with Gasteiger partial charge < -0.3 is 19.5 Å². The van der Waals surface area contributed by atoms with Gasteiger partial charge in [-0.25, -0.2) is 9.97 Å². The third-order valence-electron chi connectivity index (χ3n) is 5.50. The zero-order valence-electron chi connectivity index (χ0n) is 16.0. The number of ether oxygens (including phenoxy) is 1. The number of hydrogen-bond acceptors (Lipinski definition) is 5. The molecule has 0 aliphatic carbocycles. The van der Waals surface area contributed by atoms with E-state index in [0.717, 1.165) is 21.9 Å². The Morgan fingerprint density at radius 3 is 2.73 bits per heavy atom. The molecule has 0 aromatic carbocycles. The van der Waals surface area contributed by atoms with Gasteiger partial charge in [0.05, 0.1) is 11.5 Å². The van der Waals surface area contributed by atoms with Gasteiger partial charge in [-0.15, -0.1) is 6.58 Å². The quantitative estimate of drug-likeness (QED) is 0.555. The molecule has 0 spiro atoms. The van der Waals surface area contributed by atoms with Gasteiger partial charge in [-0.3, -0.25) is 0 Å². The molecular weight excluding hydrogens is 412 g/mol. The van der Waals surface area contributed by atoms with Crippen LogP contribution in [0.15, 0.2) is 29.7 Å². The molecule has 26 heavy (non-hydrogen) atoms. The van der Waals surface area contributed by atoms with Gasteiger partial charge in [-0.2, -0.15) is 0 Å². The first kappa shape index (κ1) is 19.5. The average Bonchev–Trinajstić information content (AvgIpc) is 3.07. The minimum absolute atomic E-state index is 0.0196. The molecule has 0 bridgehead atoms. The molecule has 1 aliphatic heterocycles. The minimum atomic E-state index is -1.91. The summed E-state index contributed by atoms with van der Waals surface area (Å²) >= 11 is 3.56. The summed E-state index contributed by atoms with van der Waals surface area (Å²) in [5.41, 5.74) is 6.77. The fourth-order valence-corrected chi connectivity index (χ4v) is 4.94. The van der Waals surface area contributed by atoms with Crippen molar-refractivity contribution in [3.8, 4) is 0 Å². The number of aromatic nitrogens is 3. The van der Waals surface area contributed by atoms with E-state index >= 15 is 0 Å². The molecule has 1 aliphatic rings. The number of hydrogen-bond donors (Lipinski definition) is 1. The normalized spacial score (nSPS) is 24.3. The highest BCUT2D eigenvalue weighted by Gasteiger charge is 2.44. The van der Waals surface area contributed by atoms with Crippen LogP contribution in [-0.4, -0.2) is 35.1 Å². The lowest BCUT2D eigenvalue weighted by molar-refractivity contribution is 0.0112. The SMILES string of the molecule is C=C[C@H]1O[C@@H](n2cc(Br)c3c(N)ncnc32)C[C@@H]1O[Si](C)(C)C(C)(C)C. The summed E-state index contributed by atoms with van der Waals surface area (Å²) in [5, 5.41) is 0.946. The molecule has 2 aromatic heterocycles. The second kappa shape index (κ2) is 6.74. The average molecular weight is 439 g/mol. The van der Waals surface area contributed by atoms with E-state index in [1.54, 1.807) is 0 Å². The first-order valence-corrected chi connectivity index (χ1v) is 12.5. The van der Waals surface area contributed by atoms with Crippen LogP contribution in [0.1, 0.15) is 33.4 Å². The maximum atomic E-state index is 6.62. The van der Waals surface area contributed by atoms with Crippen LogP contribution in [0.2, 0.25) is 18.1 Å². The number of halogens is 1. The van der Waals surface area contributed by atoms with Crippen molar-refractivity contribution < 1.29 is 9.16 Å². The fraction of sp³-hybridized carbons (Fsp3) is 0.556. The molecule has 3 heterocycles. The highest BCUT2D eigenvalue weighted by atomic mass is 79.9. The smallest absolute Gasteiger partial charge is 0.192 e. The van der Waals surface area contributed by atoms with E-state index in [4.69, 9.17) is 14.9 Å². The molecular formula is C18H27BrN4O2Si. The van der Waals surface area contributed by atoms with E-state index in [1.165, 1.54) is 6.33 Å². The molecule has 3 rings (SSSR count). The van der Waals surface area contributed by atoms with E-state index in [9.17, 15) is 0 Å². The summed E-state index contributed by atoms with van der Waals surface area (Å²) in [6.07, 6.45) is 5.65. The van der Waals surface area contributed by atoms with Gasteiger partial charge in [-0.1, -0.05) is 26.8 Å². The van der Waals surface area contributed by atoms with Crippen LogP contribution in [0, 0.1) is 0 Å². The van der Waals surface area contributed by atoms with Gasteiger partial charge in [0.1, 0.15) is 30.1 Å². The van der Waals surface area contributed by atoms with Crippen molar-refractivity contribution in [3.05, 3.63) is 29.7 Å². The Morgan fingerprint density at radius 2 is 2.12 bits per heavy atom. The molecule has 6 nitrogen and oxygen atoms in total. The minimum Gasteiger partial charge on any atom is -0.411 e. The third kappa shape index (κ3) is 3.35. The first-order chi connectivity index (χ1) is 12.0. The number of fused-ring (bicyclic) bond motifs is 1. The van der Waals surface area contributed by atoms with Crippen molar-refractivity contribution in [1.29, 1.82) is 0 Å². The molecule has 0 unspecified atom stereocenters. The maximum Gasteiger partial charge on any atom is 0.192 e. The number of anilines is 1. The molecule has 1 saturated heterocycles. The number of nitrogens with two attached hydrogens (primary N) is 1. The largest absolute Gasteiger partial charge is 0.411 e. The summed E-state index contributed by atoms with van der Waals surface area (Å²) < 4.78 is 15.7. The van der Waals surface area contributed by atoms with E-state index in [2.05, 4.69) is 66.3 Å². The summed E-state index contributed by atoms with van der Waals surface area (Å²) in [5.74, 6) is 0.452. The zero-order valence-corrected chi connectivity index (χ0v) is 18.6. The van der Waals surface area contributed by atoms with Crippen LogP contribution in [0.4, 0.5) is 5.82 Å². The molecule has 2 aromatic rings. The van der Waals surface area contributed by atoms with Crippen molar-refractivity contribution in [1.82, 2.24) is 14.5 Å². The van der Waals surface area contributed by atoms with Crippen LogP contribution in [0.3, 0.4) is 0 Å². The zero-order chi connectivity index (χ0) is 19.3. The first-order valence-electron chi connectivity index (χ1n) is 8.77. The van der Waals surface area contributed by atoms with Gasteiger partial charge in [0.25, 0.3) is 0 Å². The Bertz CT molecular complexity index is 830. The van der Waals surface area contributed by atoms with E-state index in [-0.39, 0.29) is 23.5 Å². The van der Waals surface area contributed by atoms with Gasteiger partial charge in [0.2, 0.25) is 0 Å². The van der Waals surface area contributed by atoms with Crippen LogP contribution in [-0.2, 0) is 9.16 Å². The van der Waals surface area contributed by atoms with Crippen molar-refractivity contribution >= 4 is 41.1 Å². The Kier molecular flexibility index (Phi) is 5.07. The summed E-state index contributed by atoms with van der Waals surface area (Å²) in [7, 11) is -1.91. The van der Waals surface area contributed by atoms with Crippen LogP contribution < -0.4 is 5.73 Å². The fourth-order valence-electron chi connectivity index (χ4n) is 3.00. The second-order valence-electron chi connectivity index (χ2n) is 8.29. The van der Waals surface area contributed by atoms with Crippen LogP contribution in [0.25, 0.3) is 11.0 Å². The summed E-state index contributed by atoms with van der Waals surface area (Å²) in [6, 6.07) is 0. The molecule has 0 radical (unpaired) electrons. The lowest BCUT2D eigenvalue weighted by Gasteiger charge is -2.39. The van der Waals surface area contributed by atoms with Gasteiger partial charge in [-0.05, 0) is 34.1 Å². The second-order valence-corrected chi connectivity index (χ2v) is 13.9. The Hall–Kier alpha value is -1.22. The van der Waals surface area contributed by atoms with E-state index < -0.39 is 8.32 Å². The number of rotatable bonds is 4. The van der Waals surface area contributed by atoms with E-state index in [0.29, 0.717) is 5.82 Å². The molecule has 0 saturated carbocycles. The molecule has 8 heteroatoms. The highest BCUT2D eigenvalue weighted by Crippen LogP contribution is 2.42. The number of nitrogens with zero attached hydrogens (tertiary/aromatic N) is 3. The lowest BCUT2D eigenvalue weighted by Crippen LogP contribution is -2.45. The van der Waals surface area contributed by atoms with Crippen molar-refractivity contribution in [2.45, 2.75) is 63.8 Å². The summed E-state index contributed by atoms with van der Waals surface area (Å²) in [6.45, 7) is 15.2. The predicted molar refractivity (Wildman–Crippen MR) is 110 cm³/mol. The highest BCUT2D eigenvalue weighted by molar-refractivity contribution is 9.10. The Labute approximate surface area is 164 Å². The molecule has 142 valence electrons. The Morgan fingerprint density at radius 1 is 1.42 bits per heavy atom.